The van der Waals surface area contributed by atoms with Crippen molar-refractivity contribution in [3.8, 4) is 11.5 Å². The summed E-state index contributed by atoms with van der Waals surface area (Å²) in [5.41, 5.74) is 3.84. The maximum absolute atomic E-state index is 12.2. The Bertz CT molecular complexity index is 1570. The van der Waals surface area contributed by atoms with E-state index in [2.05, 4.69) is 38.8 Å². The minimum atomic E-state index is -0.114. The number of carbonyl (C=O) groups excluding carboxylic acids is 1. The van der Waals surface area contributed by atoms with Gasteiger partial charge in [-0.25, -0.2) is 4.98 Å². The summed E-state index contributed by atoms with van der Waals surface area (Å²) in [5, 5.41) is 4.43. The zero-order valence-corrected chi connectivity index (χ0v) is 22.3. The monoisotopic (exact) mass is 534 g/mol. The first-order valence-corrected chi connectivity index (χ1v) is 13.4. The van der Waals surface area contributed by atoms with Crippen LogP contribution in [0.4, 0.5) is 11.8 Å². The molecule has 0 spiro atoms. The minimum absolute atomic E-state index is 0.0799. The molecule has 0 atom stereocenters. The Kier molecular flexibility index (Phi) is 6.52. The van der Waals surface area contributed by atoms with Gasteiger partial charge in [-0.05, 0) is 68.7 Å². The average molecular weight is 535 g/mol. The molecule has 2 aromatic carbocycles. The standard InChI is InChI=1S/C27H30N6O4S/c1-3-33-21-13-19-18(12-20(21)30-27(33)38)24(28-14-16-5-6-22-23(11-16)37-15-36-22)31-26(29-19)32-9-7-17(8-10-32)25(34)35-4-2/h5-6,11-13,17H,3-4,7-10,14-15H2,1-2H3,(H,30,38)(H,28,29,31). The number of anilines is 2. The van der Waals surface area contributed by atoms with E-state index < -0.39 is 0 Å². The van der Waals surface area contributed by atoms with Crippen molar-refractivity contribution in [3.05, 3.63) is 40.7 Å². The molecule has 0 amide bonds. The van der Waals surface area contributed by atoms with E-state index in [1.165, 1.54) is 0 Å². The van der Waals surface area contributed by atoms with Crippen molar-refractivity contribution in [1.82, 2.24) is 19.5 Å². The highest BCUT2D eigenvalue weighted by Gasteiger charge is 2.28. The molecule has 1 saturated heterocycles. The maximum atomic E-state index is 12.2. The lowest BCUT2D eigenvalue weighted by molar-refractivity contribution is -0.148. The van der Waals surface area contributed by atoms with Gasteiger partial charge in [0.1, 0.15) is 5.82 Å². The maximum Gasteiger partial charge on any atom is 0.309 e. The number of hydrogen-bond acceptors (Lipinski definition) is 9. The Balaban J connectivity index is 1.35. The number of nitrogens with one attached hydrogen (secondary N) is 2. The first-order valence-electron chi connectivity index (χ1n) is 13.0. The van der Waals surface area contributed by atoms with Crippen LogP contribution in [-0.4, -0.2) is 52.0 Å². The highest BCUT2D eigenvalue weighted by atomic mass is 32.1. The van der Waals surface area contributed by atoms with Crippen LogP contribution in [0.3, 0.4) is 0 Å². The van der Waals surface area contributed by atoms with Crippen molar-refractivity contribution in [1.29, 1.82) is 0 Å². The van der Waals surface area contributed by atoms with Gasteiger partial charge in [-0.2, -0.15) is 4.98 Å². The first-order chi connectivity index (χ1) is 18.5. The van der Waals surface area contributed by atoms with Crippen LogP contribution >= 0.6 is 12.2 Å². The summed E-state index contributed by atoms with van der Waals surface area (Å²) in [6.07, 6.45) is 1.43. The number of benzene rings is 2. The van der Waals surface area contributed by atoms with Gasteiger partial charge >= 0.3 is 5.97 Å². The number of aryl methyl sites for hydroxylation is 1. The SMILES string of the molecule is CCOC(=O)C1CCN(c2nc(NCc3ccc4c(c3)OCO4)c3cc4[nH]c(=S)n(CC)c4cc3n2)CC1. The zero-order valence-electron chi connectivity index (χ0n) is 21.5. The minimum Gasteiger partial charge on any atom is -0.466 e. The highest BCUT2D eigenvalue weighted by molar-refractivity contribution is 7.71. The highest BCUT2D eigenvalue weighted by Crippen LogP contribution is 2.34. The number of piperidine rings is 1. The molecule has 38 heavy (non-hydrogen) atoms. The van der Waals surface area contributed by atoms with Crippen LogP contribution in [0.25, 0.3) is 21.9 Å². The summed E-state index contributed by atoms with van der Waals surface area (Å²) in [6.45, 7) is 7.26. The van der Waals surface area contributed by atoms with Crippen molar-refractivity contribution in [3.63, 3.8) is 0 Å². The number of aromatic nitrogens is 4. The number of nitrogens with zero attached hydrogens (tertiary/aromatic N) is 4. The molecule has 0 radical (unpaired) electrons. The second-order valence-corrected chi connectivity index (χ2v) is 9.87. The molecule has 0 saturated carbocycles. The summed E-state index contributed by atoms with van der Waals surface area (Å²) in [5.74, 6) is 2.69. The van der Waals surface area contributed by atoms with Gasteiger partial charge in [0.05, 0.1) is 29.1 Å². The average Bonchev–Trinajstić information content (AvgIpc) is 3.53. The number of hydrogen-bond donors (Lipinski definition) is 2. The van der Waals surface area contributed by atoms with Crippen LogP contribution in [0, 0.1) is 10.7 Å². The number of esters is 1. The molecule has 2 aliphatic rings. The number of fused-ring (bicyclic) bond motifs is 3. The lowest BCUT2D eigenvalue weighted by atomic mass is 9.97. The van der Waals surface area contributed by atoms with E-state index in [9.17, 15) is 4.79 Å². The van der Waals surface area contributed by atoms with Crippen LogP contribution in [-0.2, 0) is 22.6 Å². The summed E-state index contributed by atoms with van der Waals surface area (Å²) in [6, 6.07) is 10.1. The van der Waals surface area contributed by atoms with Gasteiger partial charge in [0.25, 0.3) is 0 Å². The predicted octanol–water partition coefficient (Wildman–Crippen LogP) is 4.78. The second kappa shape index (κ2) is 10.1. The Morgan fingerprint density at radius 2 is 1.97 bits per heavy atom. The van der Waals surface area contributed by atoms with E-state index in [4.69, 9.17) is 36.4 Å². The number of ether oxygens (including phenoxy) is 3. The van der Waals surface area contributed by atoms with E-state index >= 15 is 0 Å². The van der Waals surface area contributed by atoms with Crippen LogP contribution < -0.4 is 19.7 Å². The van der Waals surface area contributed by atoms with E-state index in [-0.39, 0.29) is 18.7 Å². The van der Waals surface area contributed by atoms with Gasteiger partial charge in [-0.3, -0.25) is 4.79 Å². The third kappa shape index (κ3) is 4.51. The Morgan fingerprint density at radius 1 is 1.16 bits per heavy atom. The van der Waals surface area contributed by atoms with E-state index in [0.717, 1.165) is 51.4 Å². The zero-order chi connectivity index (χ0) is 26.2. The molecular weight excluding hydrogens is 504 g/mol. The Hall–Kier alpha value is -3.86. The summed E-state index contributed by atoms with van der Waals surface area (Å²) in [7, 11) is 0. The van der Waals surface area contributed by atoms with Gasteiger partial charge < -0.3 is 34.0 Å². The molecule has 4 aromatic rings. The van der Waals surface area contributed by atoms with Crippen molar-refractivity contribution >= 4 is 51.9 Å². The molecule has 198 valence electrons. The largest absolute Gasteiger partial charge is 0.466 e. The topological polar surface area (TPSA) is 107 Å². The Labute approximate surface area is 224 Å². The van der Waals surface area contributed by atoms with Gasteiger partial charge in [0.2, 0.25) is 12.7 Å². The van der Waals surface area contributed by atoms with Crippen molar-refractivity contribution in [2.24, 2.45) is 5.92 Å². The summed E-state index contributed by atoms with van der Waals surface area (Å²) >= 11 is 5.54. The second-order valence-electron chi connectivity index (χ2n) is 9.49. The molecule has 2 N–H and O–H groups in total. The van der Waals surface area contributed by atoms with Crippen molar-refractivity contribution in [2.45, 2.75) is 39.8 Å². The number of H-pyrrole nitrogens is 1. The molecule has 10 nitrogen and oxygen atoms in total. The Morgan fingerprint density at radius 3 is 2.76 bits per heavy atom. The van der Waals surface area contributed by atoms with Crippen LogP contribution in [0.15, 0.2) is 30.3 Å². The smallest absolute Gasteiger partial charge is 0.309 e. The summed E-state index contributed by atoms with van der Waals surface area (Å²) in [4.78, 5) is 27.6. The van der Waals surface area contributed by atoms with Gasteiger partial charge in [-0.15, -0.1) is 0 Å². The molecule has 0 aliphatic carbocycles. The molecule has 6 rings (SSSR count). The molecule has 2 aromatic heterocycles. The molecule has 0 bridgehead atoms. The van der Waals surface area contributed by atoms with Crippen LogP contribution in [0.2, 0.25) is 0 Å². The van der Waals surface area contributed by atoms with Gasteiger partial charge in [0, 0.05) is 31.6 Å². The van der Waals surface area contributed by atoms with E-state index in [0.29, 0.717) is 49.8 Å². The van der Waals surface area contributed by atoms with Gasteiger partial charge in [-0.1, -0.05) is 6.07 Å². The molecule has 4 heterocycles. The number of rotatable bonds is 7. The third-order valence-corrected chi connectivity index (χ3v) is 7.51. The third-order valence-electron chi connectivity index (χ3n) is 7.19. The molecule has 1 fully saturated rings. The summed E-state index contributed by atoms with van der Waals surface area (Å²) < 4.78 is 19.0. The molecule has 11 heteroatoms. The molecular formula is C27H30N6O4S. The van der Waals surface area contributed by atoms with Crippen molar-refractivity contribution < 1.29 is 19.0 Å². The number of imidazole rings is 1. The fraction of sp³-hybridized carbons (Fsp3) is 0.407. The fourth-order valence-corrected chi connectivity index (χ4v) is 5.51. The van der Waals surface area contributed by atoms with Crippen LogP contribution in [0.5, 0.6) is 11.5 Å². The number of carbonyl (C=O) groups is 1. The lowest BCUT2D eigenvalue weighted by Gasteiger charge is -2.31. The normalized spacial score (nSPS) is 15.4. The first kappa shape index (κ1) is 24.5. The quantitative estimate of drug-likeness (QED) is 0.256. The lowest BCUT2D eigenvalue weighted by Crippen LogP contribution is -2.38. The molecule has 0 unspecified atom stereocenters. The van der Waals surface area contributed by atoms with E-state index in [1.54, 1.807) is 0 Å². The molecule has 2 aliphatic heterocycles. The van der Waals surface area contributed by atoms with Crippen LogP contribution in [0.1, 0.15) is 32.3 Å². The number of aromatic amines is 1. The predicted molar refractivity (Wildman–Crippen MR) is 147 cm³/mol. The van der Waals surface area contributed by atoms with Gasteiger partial charge in [0.15, 0.2) is 16.3 Å². The van der Waals surface area contributed by atoms with E-state index in [1.807, 2.05) is 25.1 Å². The van der Waals surface area contributed by atoms with Crippen molar-refractivity contribution in [2.75, 3.05) is 36.7 Å². The fourth-order valence-electron chi connectivity index (χ4n) is 5.17.